The van der Waals surface area contributed by atoms with Crippen molar-refractivity contribution in [2.75, 3.05) is 0 Å². The molecule has 0 fully saturated rings. The lowest BCUT2D eigenvalue weighted by Gasteiger charge is -2.14. The van der Waals surface area contributed by atoms with Gasteiger partial charge in [0.15, 0.2) is 23.3 Å². The Kier molecular flexibility index (Phi) is 4.20. The van der Waals surface area contributed by atoms with Crippen molar-refractivity contribution in [1.29, 1.82) is 0 Å². The van der Waals surface area contributed by atoms with E-state index in [2.05, 4.69) is 0 Å². The van der Waals surface area contributed by atoms with Crippen molar-refractivity contribution in [3.05, 3.63) is 69.5 Å². The van der Waals surface area contributed by atoms with Gasteiger partial charge >= 0.3 is 0 Å². The molecule has 7 heteroatoms. The van der Waals surface area contributed by atoms with E-state index in [1.165, 1.54) is 24.3 Å². The molecule has 1 unspecified atom stereocenters. The molecule has 106 valence electrons. The molecule has 0 heterocycles. The molecule has 0 saturated heterocycles. The van der Waals surface area contributed by atoms with Gasteiger partial charge in [0, 0.05) is 5.02 Å². The quantitative estimate of drug-likeness (QED) is 0.301. The van der Waals surface area contributed by atoms with Gasteiger partial charge < -0.3 is 0 Å². The molecule has 0 aliphatic carbocycles. The van der Waals surface area contributed by atoms with Crippen LogP contribution in [0.5, 0.6) is 0 Å². The summed E-state index contributed by atoms with van der Waals surface area (Å²) >= 11 is 11.4. The maximum atomic E-state index is 13.6. The summed E-state index contributed by atoms with van der Waals surface area (Å²) in [6.45, 7) is 0. The van der Waals surface area contributed by atoms with Crippen molar-refractivity contribution in [2.45, 2.75) is 5.38 Å². The fourth-order valence-corrected chi connectivity index (χ4v) is 2.11. The van der Waals surface area contributed by atoms with Gasteiger partial charge in [-0.2, -0.15) is 0 Å². The SMILES string of the molecule is Fc1c(F)c(F)c(C(Cl)c2ccc(Cl)cc2)c(F)c1F. The number of hydrogen-bond donors (Lipinski definition) is 0. The Morgan fingerprint density at radius 2 is 1.10 bits per heavy atom. The molecule has 0 amide bonds. The minimum atomic E-state index is -2.22. The lowest BCUT2D eigenvalue weighted by Crippen LogP contribution is -2.09. The van der Waals surface area contributed by atoms with E-state index in [0.29, 0.717) is 5.02 Å². The molecule has 2 rings (SSSR count). The van der Waals surface area contributed by atoms with Gasteiger partial charge in [0.05, 0.1) is 10.9 Å². The number of alkyl halides is 1. The van der Waals surface area contributed by atoms with Crippen LogP contribution in [0.1, 0.15) is 16.5 Å². The molecule has 2 aromatic carbocycles. The minimum absolute atomic E-state index is 0.152. The number of benzene rings is 2. The summed E-state index contributed by atoms with van der Waals surface area (Å²) in [7, 11) is 0. The maximum absolute atomic E-state index is 13.6. The molecule has 0 radical (unpaired) electrons. The van der Waals surface area contributed by atoms with Crippen LogP contribution in [0.25, 0.3) is 0 Å². The zero-order chi connectivity index (χ0) is 15.0. The Bertz CT molecular complexity index is 626. The van der Waals surface area contributed by atoms with Crippen molar-refractivity contribution >= 4 is 23.2 Å². The zero-order valence-electron chi connectivity index (χ0n) is 9.53. The Morgan fingerprint density at radius 1 is 0.700 bits per heavy atom. The monoisotopic (exact) mass is 326 g/mol. The average molecular weight is 327 g/mol. The van der Waals surface area contributed by atoms with Crippen LogP contribution in [0.15, 0.2) is 24.3 Å². The maximum Gasteiger partial charge on any atom is 0.200 e. The minimum Gasteiger partial charge on any atom is -0.203 e. The first-order chi connectivity index (χ1) is 9.34. The van der Waals surface area contributed by atoms with Crippen molar-refractivity contribution in [2.24, 2.45) is 0 Å². The molecule has 0 saturated carbocycles. The van der Waals surface area contributed by atoms with E-state index < -0.39 is 40.0 Å². The number of rotatable bonds is 2. The topological polar surface area (TPSA) is 0 Å². The van der Waals surface area contributed by atoms with Gasteiger partial charge in [-0.05, 0) is 17.7 Å². The van der Waals surface area contributed by atoms with Crippen molar-refractivity contribution in [3.63, 3.8) is 0 Å². The molecule has 0 bridgehead atoms. The molecule has 0 aliphatic rings. The Hall–Kier alpha value is -1.33. The van der Waals surface area contributed by atoms with E-state index in [1.807, 2.05) is 0 Å². The van der Waals surface area contributed by atoms with Crippen molar-refractivity contribution in [1.82, 2.24) is 0 Å². The Balaban J connectivity index is 2.60. The van der Waals surface area contributed by atoms with E-state index in [1.54, 1.807) is 0 Å². The molecule has 0 nitrogen and oxygen atoms in total. The fourth-order valence-electron chi connectivity index (χ4n) is 1.64. The molecule has 20 heavy (non-hydrogen) atoms. The highest BCUT2D eigenvalue weighted by Crippen LogP contribution is 2.35. The molecule has 0 spiro atoms. The molecule has 2 aromatic rings. The summed E-state index contributed by atoms with van der Waals surface area (Å²) < 4.78 is 66.3. The van der Waals surface area contributed by atoms with Crippen molar-refractivity contribution < 1.29 is 22.0 Å². The summed E-state index contributed by atoms with van der Waals surface area (Å²) in [5, 5.41) is -1.19. The summed E-state index contributed by atoms with van der Waals surface area (Å²) in [5.74, 6) is -10.2. The predicted octanol–water partition coefficient (Wildman–Crippen LogP) is 5.36. The first-order valence-electron chi connectivity index (χ1n) is 5.25. The third-order valence-corrected chi connectivity index (χ3v) is 3.38. The van der Waals surface area contributed by atoms with E-state index in [4.69, 9.17) is 23.2 Å². The van der Waals surface area contributed by atoms with E-state index in [-0.39, 0.29) is 5.56 Å². The first kappa shape index (κ1) is 15.1. The molecule has 0 aromatic heterocycles. The third-order valence-electron chi connectivity index (χ3n) is 2.66. The van der Waals surface area contributed by atoms with E-state index >= 15 is 0 Å². The van der Waals surface area contributed by atoms with Gasteiger partial charge in [-0.3, -0.25) is 0 Å². The summed E-state index contributed by atoms with van der Waals surface area (Å²) in [6, 6.07) is 5.44. The normalized spacial score (nSPS) is 12.6. The highest BCUT2D eigenvalue weighted by Gasteiger charge is 2.30. The lowest BCUT2D eigenvalue weighted by molar-refractivity contribution is 0.371. The Morgan fingerprint density at radius 3 is 1.55 bits per heavy atom. The fraction of sp³-hybridized carbons (Fsp3) is 0.0769. The van der Waals surface area contributed by atoms with Crippen LogP contribution in [0.4, 0.5) is 22.0 Å². The van der Waals surface area contributed by atoms with Crippen LogP contribution in [0.2, 0.25) is 5.02 Å². The summed E-state index contributed by atoms with van der Waals surface area (Å²) in [6.07, 6.45) is 0. The second-order valence-corrected chi connectivity index (χ2v) is 4.77. The lowest BCUT2D eigenvalue weighted by atomic mass is 10.0. The average Bonchev–Trinajstić information content (AvgIpc) is 2.44. The van der Waals surface area contributed by atoms with Crippen molar-refractivity contribution in [3.8, 4) is 0 Å². The van der Waals surface area contributed by atoms with E-state index in [0.717, 1.165) is 0 Å². The van der Waals surface area contributed by atoms with Crippen LogP contribution < -0.4 is 0 Å². The van der Waals surface area contributed by atoms with Crippen LogP contribution in [-0.4, -0.2) is 0 Å². The van der Waals surface area contributed by atoms with Crippen LogP contribution in [-0.2, 0) is 0 Å². The highest BCUT2D eigenvalue weighted by molar-refractivity contribution is 6.30. The van der Waals surface area contributed by atoms with Gasteiger partial charge in [0.25, 0.3) is 0 Å². The van der Waals surface area contributed by atoms with Crippen LogP contribution in [0.3, 0.4) is 0 Å². The molecule has 1 atom stereocenters. The molecule has 0 N–H and O–H groups in total. The second kappa shape index (κ2) is 5.58. The highest BCUT2D eigenvalue weighted by atomic mass is 35.5. The second-order valence-electron chi connectivity index (χ2n) is 3.90. The summed E-state index contributed by atoms with van der Waals surface area (Å²) in [4.78, 5) is 0. The van der Waals surface area contributed by atoms with E-state index in [9.17, 15) is 22.0 Å². The molecule has 0 aliphatic heterocycles. The van der Waals surface area contributed by atoms with Gasteiger partial charge in [-0.15, -0.1) is 11.6 Å². The molecular weight excluding hydrogens is 322 g/mol. The zero-order valence-corrected chi connectivity index (χ0v) is 11.0. The number of halogens is 7. The van der Waals surface area contributed by atoms with Crippen LogP contribution >= 0.6 is 23.2 Å². The number of hydrogen-bond acceptors (Lipinski definition) is 0. The van der Waals surface area contributed by atoms with Gasteiger partial charge in [-0.25, -0.2) is 22.0 Å². The van der Waals surface area contributed by atoms with Gasteiger partial charge in [-0.1, -0.05) is 23.7 Å². The predicted molar refractivity (Wildman–Crippen MR) is 65.4 cm³/mol. The first-order valence-corrected chi connectivity index (χ1v) is 6.07. The smallest absolute Gasteiger partial charge is 0.200 e. The standard InChI is InChI=1S/C13H5Cl2F5/c14-6-3-1-5(2-4-6)8(15)7-9(16)11(18)13(20)12(19)10(7)17/h1-4,8H. The van der Waals surface area contributed by atoms with Gasteiger partial charge in [0.2, 0.25) is 5.82 Å². The van der Waals surface area contributed by atoms with Crippen LogP contribution in [0, 0.1) is 29.1 Å². The third kappa shape index (κ3) is 2.47. The summed E-state index contributed by atoms with van der Waals surface area (Å²) in [5.41, 5.74) is -0.940. The Labute approximate surface area is 120 Å². The van der Waals surface area contributed by atoms with Gasteiger partial charge in [0.1, 0.15) is 0 Å². The molecular formula is C13H5Cl2F5. The largest absolute Gasteiger partial charge is 0.203 e.